The second-order valence-electron chi connectivity index (χ2n) is 4.46. The highest BCUT2D eigenvalue weighted by molar-refractivity contribution is 9.10. The van der Waals surface area contributed by atoms with Crippen LogP contribution in [-0.2, 0) is 6.42 Å². The van der Waals surface area contributed by atoms with Gasteiger partial charge in [0.05, 0.1) is 18.4 Å². The fourth-order valence-corrected chi connectivity index (χ4v) is 2.76. The Morgan fingerprint density at radius 3 is 2.67 bits per heavy atom. The minimum absolute atomic E-state index is 0.102. The van der Waals surface area contributed by atoms with E-state index >= 15 is 0 Å². The molecule has 1 heterocycles. The van der Waals surface area contributed by atoms with Crippen LogP contribution >= 0.6 is 27.5 Å². The highest BCUT2D eigenvalue weighted by Gasteiger charge is 2.14. The Balaban J connectivity index is 2.75. The van der Waals surface area contributed by atoms with Crippen LogP contribution < -0.4 is 16.0 Å². The summed E-state index contributed by atoms with van der Waals surface area (Å²) in [6, 6.07) is 5.03. The molecule has 0 fully saturated rings. The molecule has 7 heteroatoms. The van der Waals surface area contributed by atoms with E-state index < -0.39 is 11.2 Å². The maximum atomic E-state index is 12.5. The average Bonchev–Trinajstić information content (AvgIpc) is 2.42. The highest BCUT2D eigenvalue weighted by atomic mass is 79.9. The number of H-pyrrole nitrogens is 1. The van der Waals surface area contributed by atoms with Gasteiger partial charge in [-0.15, -0.1) is 0 Å². The third-order valence-corrected chi connectivity index (χ3v) is 3.78. The van der Waals surface area contributed by atoms with Crippen molar-refractivity contribution in [1.82, 2.24) is 9.55 Å². The van der Waals surface area contributed by atoms with Crippen molar-refractivity contribution >= 4 is 27.5 Å². The topological polar surface area (TPSA) is 64.1 Å². The number of hydrogen-bond acceptors (Lipinski definition) is 3. The zero-order valence-electron chi connectivity index (χ0n) is 11.6. The van der Waals surface area contributed by atoms with Crippen LogP contribution in [0.2, 0.25) is 5.15 Å². The summed E-state index contributed by atoms with van der Waals surface area (Å²) in [4.78, 5) is 27.1. The number of rotatable bonds is 4. The largest absolute Gasteiger partial charge is 0.497 e. The lowest BCUT2D eigenvalue weighted by Gasteiger charge is -2.10. The van der Waals surface area contributed by atoms with Gasteiger partial charge in [-0.2, -0.15) is 0 Å². The number of hydrogen-bond donors (Lipinski definition) is 1. The van der Waals surface area contributed by atoms with Crippen LogP contribution in [0.25, 0.3) is 5.69 Å². The molecule has 0 saturated carbocycles. The Kier molecular flexibility index (Phi) is 4.90. The first-order valence-electron chi connectivity index (χ1n) is 6.36. The van der Waals surface area contributed by atoms with Gasteiger partial charge in [-0.25, -0.2) is 9.36 Å². The van der Waals surface area contributed by atoms with Gasteiger partial charge >= 0.3 is 5.69 Å². The van der Waals surface area contributed by atoms with Crippen molar-refractivity contribution < 1.29 is 4.74 Å². The van der Waals surface area contributed by atoms with Gasteiger partial charge in [-0.1, -0.05) is 40.9 Å². The van der Waals surface area contributed by atoms with E-state index in [9.17, 15) is 9.59 Å². The Hall–Kier alpha value is -1.53. The van der Waals surface area contributed by atoms with Crippen molar-refractivity contribution in [1.29, 1.82) is 0 Å². The molecule has 0 unspecified atom stereocenters. The molecule has 0 atom stereocenters. The van der Waals surface area contributed by atoms with Crippen LogP contribution in [0.15, 0.2) is 32.3 Å². The van der Waals surface area contributed by atoms with Crippen molar-refractivity contribution in [2.75, 3.05) is 7.11 Å². The molecule has 1 N–H and O–H groups in total. The van der Waals surface area contributed by atoms with Crippen LogP contribution in [0.4, 0.5) is 0 Å². The van der Waals surface area contributed by atoms with E-state index in [2.05, 4.69) is 20.9 Å². The molecule has 5 nitrogen and oxygen atoms in total. The van der Waals surface area contributed by atoms with Crippen LogP contribution in [0.1, 0.15) is 18.9 Å². The Bertz CT molecular complexity index is 783. The lowest BCUT2D eigenvalue weighted by atomic mass is 10.2. The van der Waals surface area contributed by atoms with Gasteiger partial charge in [-0.05, 0) is 18.6 Å². The molecule has 0 aliphatic rings. The number of nitrogens with one attached hydrogen (secondary N) is 1. The van der Waals surface area contributed by atoms with Crippen LogP contribution in [-0.4, -0.2) is 16.7 Å². The summed E-state index contributed by atoms with van der Waals surface area (Å²) in [5, 5.41) is 0.102. The summed E-state index contributed by atoms with van der Waals surface area (Å²) in [6.45, 7) is 1.94. The number of methoxy groups -OCH3 is 1. The molecular weight excluding hydrogens is 360 g/mol. The molecular formula is C14H14BrClN2O3. The first-order chi connectivity index (χ1) is 9.97. The third kappa shape index (κ3) is 3.22. The van der Waals surface area contributed by atoms with Gasteiger partial charge in [0.2, 0.25) is 0 Å². The predicted molar refractivity (Wildman–Crippen MR) is 85.9 cm³/mol. The number of benzene rings is 1. The number of ether oxygens (including phenoxy) is 1. The van der Waals surface area contributed by atoms with Crippen molar-refractivity contribution in [3.8, 4) is 11.4 Å². The van der Waals surface area contributed by atoms with Gasteiger partial charge in [0.25, 0.3) is 5.56 Å². The summed E-state index contributed by atoms with van der Waals surface area (Å²) in [5.74, 6) is 0.540. The molecule has 0 radical (unpaired) electrons. The number of halogens is 2. The van der Waals surface area contributed by atoms with E-state index in [1.165, 1.54) is 7.11 Å². The predicted octanol–water partition coefficient (Wildman–Crippen LogP) is 2.90. The summed E-state index contributed by atoms with van der Waals surface area (Å²) >= 11 is 9.29. The minimum Gasteiger partial charge on any atom is -0.497 e. The molecule has 112 valence electrons. The zero-order chi connectivity index (χ0) is 15.6. The summed E-state index contributed by atoms with van der Waals surface area (Å²) < 4.78 is 6.92. The standard InChI is InChI=1S/C14H14BrClN2O3/c1-3-4-11-12(16)17-14(20)18(13(11)19)9-5-8(15)6-10(7-9)21-2/h5-7H,3-4H2,1-2H3,(H,17,20). The molecule has 0 bridgehead atoms. The van der Waals surface area contributed by atoms with Crippen molar-refractivity contribution in [3.05, 3.63) is 54.2 Å². The van der Waals surface area contributed by atoms with Gasteiger partial charge in [0.15, 0.2) is 0 Å². The second-order valence-corrected chi connectivity index (χ2v) is 5.76. The third-order valence-electron chi connectivity index (χ3n) is 3.00. The fourth-order valence-electron chi connectivity index (χ4n) is 2.04. The average molecular weight is 374 g/mol. The van der Waals surface area contributed by atoms with Crippen LogP contribution in [0, 0.1) is 0 Å². The minimum atomic E-state index is -0.579. The van der Waals surface area contributed by atoms with E-state index in [-0.39, 0.29) is 5.15 Å². The molecule has 2 rings (SSSR count). The lowest BCUT2D eigenvalue weighted by Crippen LogP contribution is -2.36. The van der Waals surface area contributed by atoms with E-state index in [1.807, 2.05) is 6.92 Å². The smallest absolute Gasteiger partial charge is 0.334 e. The van der Waals surface area contributed by atoms with Gasteiger partial charge < -0.3 is 4.74 Å². The molecule has 0 spiro atoms. The Morgan fingerprint density at radius 1 is 1.33 bits per heavy atom. The van der Waals surface area contributed by atoms with Gasteiger partial charge in [-0.3, -0.25) is 9.78 Å². The van der Waals surface area contributed by atoms with Crippen LogP contribution in [0.5, 0.6) is 5.75 Å². The first-order valence-corrected chi connectivity index (χ1v) is 7.53. The van der Waals surface area contributed by atoms with Gasteiger partial charge in [0.1, 0.15) is 10.9 Å². The summed E-state index contributed by atoms with van der Waals surface area (Å²) in [7, 11) is 1.52. The molecule has 1 aromatic heterocycles. The van der Waals surface area contributed by atoms with Crippen molar-refractivity contribution in [3.63, 3.8) is 0 Å². The normalized spacial score (nSPS) is 10.7. The molecule has 0 saturated heterocycles. The van der Waals surface area contributed by atoms with E-state index in [1.54, 1.807) is 18.2 Å². The Morgan fingerprint density at radius 2 is 2.05 bits per heavy atom. The number of aromatic amines is 1. The van der Waals surface area contributed by atoms with E-state index in [4.69, 9.17) is 16.3 Å². The van der Waals surface area contributed by atoms with E-state index in [0.717, 1.165) is 11.0 Å². The van der Waals surface area contributed by atoms with Crippen LogP contribution in [0.3, 0.4) is 0 Å². The molecule has 2 aromatic rings. The summed E-state index contributed by atoms with van der Waals surface area (Å²) in [5.41, 5.74) is -0.171. The quantitative estimate of drug-likeness (QED) is 0.838. The fraction of sp³-hybridized carbons (Fsp3) is 0.286. The molecule has 21 heavy (non-hydrogen) atoms. The van der Waals surface area contributed by atoms with E-state index in [0.29, 0.717) is 27.9 Å². The molecule has 0 aliphatic carbocycles. The van der Waals surface area contributed by atoms with Gasteiger partial charge in [0, 0.05) is 10.5 Å². The summed E-state index contributed by atoms with van der Waals surface area (Å²) in [6.07, 6.45) is 1.25. The maximum absolute atomic E-state index is 12.5. The molecule has 0 aliphatic heterocycles. The zero-order valence-corrected chi connectivity index (χ0v) is 13.9. The molecule has 1 aromatic carbocycles. The molecule has 0 amide bonds. The SMILES string of the molecule is CCCc1c(Cl)[nH]c(=O)n(-c2cc(Br)cc(OC)c2)c1=O. The maximum Gasteiger partial charge on any atom is 0.334 e. The monoisotopic (exact) mass is 372 g/mol. The Labute approximate surface area is 134 Å². The first kappa shape index (κ1) is 15.9. The highest BCUT2D eigenvalue weighted by Crippen LogP contribution is 2.22. The van der Waals surface area contributed by atoms with Crippen molar-refractivity contribution in [2.45, 2.75) is 19.8 Å². The number of aromatic nitrogens is 2. The lowest BCUT2D eigenvalue weighted by molar-refractivity contribution is 0.414. The van der Waals surface area contributed by atoms with Crippen molar-refractivity contribution in [2.24, 2.45) is 0 Å². The second kappa shape index (κ2) is 6.49. The number of nitrogens with zero attached hydrogens (tertiary/aromatic N) is 1.